The van der Waals surface area contributed by atoms with Gasteiger partial charge in [0.1, 0.15) is 5.82 Å². The molecule has 30 heavy (non-hydrogen) atoms. The van der Waals surface area contributed by atoms with Crippen LogP contribution in [0.25, 0.3) is 11.4 Å². The first-order valence-electron chi connectivity index (χ1n) is 9.91. The molecule has 2 aromatic heterocycles. The number of halogens is 1. The van der Waals surface area contributed by atoms with Gasteiger partial charge < -0.3 is 4.90 Å². The highest BCUT2D eigenvalue weighted by Gasteiger charge is 2.30. The number of thioether (sulfide) groups is 1. The number of hydrogen-bond donors (Lipinski definition) is 0. The van der Waals surface area contributed by atoms with Crippen LogP contribution in [0.15, 0.2) is 53.5 Å². The van der Waals surface area contributed by atoms with Crippen LogP contribution in [0.4, 0.5) is 4.39 Å². The van der Waals surface area contributed by atoms with Crippen LogP contribution in [0.3, 0.4) is 0 Å². The first-order valence-corrected chi connectivity index (χ1v) is 11.8. The second kappa shape index (κ2) is 9.14. The van der Waals surface area contributed by atoms with Crippen molar-refractivity contribution in [2.75, 3.05) is 12.3 Å². The molecule has 0 fully saturated rings. The first-order chi connectivity index (χ1) is 14.6. The van der Waals surface area contributed by atoms with E-state index in [1.54, 1.807) is 40.2 Å². The van der Waals surface area contributed by atoms with Crippen LogP contribution in [-0.4, -0.2) is 37.9 Å². The van der Waals surface area contributed by atoms with Gasteiger partial charge in [-0.15, -0.1) is 28.1 Å². The van der Waals surface area contributed by atoms with Crippen molar-refractivity contribution in [2.24, 2.45) is 0 Å². The number of fused-ring (bicyclic) bond motifs is 1. The molecule has 0 saturated heterocycles. The Labute approximate surface area is 183 Å². The lowest BCUT2D eigenvalue weighted by Gasteiger charge is -2.35. The molecule has 3 aromatic rings. The van der Waals surface area contributed by atoms with Crippen molar-refractivity contribution in [2.45, 2.75) is 37.5 Å². The quantitative estimate of drug-likeness (QED) is 0.383. The second-order valence-corrected chi connectivity index (χ2v) is 8.98. The highest BCUT2D eigenvalue weighted by molar-refractivity contribution is 7.99. The summed E-state index contributed by atoms with van der Waals surface area (Å²) in [5, 5.41) is 11.1. The number of rotatable bonds is 7. The molecule has 0 N–H and O–H groups in total. The molecule has 4 rings (SSSR count). The van der Waals surface area contributed by atoms with Crippen LogP contribution in [0.5, 0.6) is 0 Å². The van der Waals surface area contributed by atoms with Crippen molar-refractivity contribution in [1.29, 1.82) is 0 Å². The molecule has 1 amide bonds. The molecule has 0 bridgehead atoms. The molecule has 1 unspecified atom stereocenters. The zero-order valence-corrected chi connectivity index (χ0v) is 18.4. The van der Waals surface area contributed by atoms with E-state index in [2.05, 4.69) is 35.1 Å². The topological polar surface area (TPSA) is 51.0 Å². The van der Waals surface area contributed by atoms with Crippen LogP contribution in [0, 0.1) is 5.82 Å². The summed E-state index contributed by atoms with van der Waals surface area (Å²) < 4.78 is 16.1. The number of allylic oxidation sites excluding steroid dienone is 1. The Balaban J connectivity index is 1.52. The van der Waals surface area contributed by atoms with Gasteiger partial charge in [0.05, 0.1) is 17.4 Å². The fourth-order valence-electron chi connectivity index (χ4n) is 3.88. The molecule has 3 heterocycles. The minimum Gasteiger partial charge on any atom is -0.335 e. The highest BCUT2D eigenvalue weighted by atomic mass is 32.2. The van der Waals surface area contributed by atoms with Crippen molar-refractivity contribution < 1.29 is 9.18 Å². The van der Waals surface area contributed by atoms with Crippen molar-refractivity contribution >= 4 is 29.0 Å². The molecule has 0 radical (unpaired) electrons. The van der Waals surface area contributed by atoms with Crippen molar-refractivity contribution in [1.82, 2.24) is 19.7 Å². The van der Waals surface area contributed by atoms with Crippen LogP contribution in [0.1, 0.15) is 29.8 Å². The van der Waals surface area contributed by atoms with E-state index in [9.17, 15) is 9.18 Å². The molecule has 1 atom stereocenters. The van der Waals surface area contributed by atoms with Gasteiger partial charge in [0.15, 0.2) is 11.0 Å². The third-order valence-electron chi connectivity index (χ3n) is 5.27. The van der Waals surface area contributed by atoms with E-state index in [4.69, 9.17) is 0 Å². The van der Waals surface area contributed by atoms with Crippen molar-refractivity contribution in [3.8, 4) is 11.4 Å². The minimum atomic E-state index is -0.353. The lowest BCUT2D eigenvalue weighted by molar-refractivity contribution is -0.131. The SMILES string of the molecule is C=CCn1c(SCC(=O)N2CCc3sccc3C2CC)nnc1-c1ccccc1F. The standard InChI is InChI=1S/C22H23FN4OS2/c1-3-11-27-21(15-7-5-6-8-17(15)23)24-25-22(27)30-14-20(28)26-12-9-19-16(10-13-29-19)18(26)4-2/h3,5-8,10,13,18H,1,4,9,11-12,14H2,2H3. The van der Waals surface area contributed by atoms with E-state index < -0.39 is 0 Å². The third kappa shape index (κ3) is 3.94. The number of amides is 1. The lowest BCUT2D eigenvalue weighted by atomic mass is 9.98. The van der Waals surface area contributed by atoms with E-state index in [0.717, 1.165) is 19.4 Å². The van der Waals surface area contributed by atoms with Crippen LogP contribution in [-0.2, 0) is 17.8 Å². The first kappa shape index (κ1) is 20.8. The van der Waals surface area contributed by atoms with E-state index in [1.807, 2.05) is 4.90 Å². The zero-order chi connectivity index (χ0) is 21.1. The Morgan fingerprint density at radius 2 is 2.20 bits per heavy atom. The molecule has 1 aliphatic heterocycles. The van der Waals surface area contributed by atoms with Gasteiger partial charge in [-0.3, -0.25) is 9.36 Å². The predicted octanol–water partition coefficient (Wildman–Crippen LogP) is 4.96. The molecule has 1 aliphatic rings. The summed E-state index contributed by atoms with van der Waals surface area (Å²) >= 11 is 3.11. The van der Waals surface area contributed by atoms with Crippen LogP contribution in [0.2, 0.25) is 0 Å². The molecule has 156 valence electrons. The summed E-state index contributed by atoms with van der Waals surface area (Å²) in [6, 6.07) is 8.76. The van der Waals surface area contributed by atoms with Crippen molar-refractivity contribution in [3.63, 3.8) is 0 Å². The second-order valence-electron chi connectivity index (χ2n) is 7.03. The molecular weight excluding hydrogens is 419 g/mol. The third-order valence-corrected chi connectivity index (χ3v) is 7.22. The summed E-state index contributed by atoms with van der Waals surface area (Å²) in [5.41, 5.74) is 1.67. The Kier molecular flexibility index (Phi) is 6.34. The van der Waals surface area contributed by atoms with Crippen molar-refractivity contribution in [3.05, 3.63) is 64.6 Å². The van der Waals surface area contributed by atoms with Gasteiger partial charge >= 0.3 is 0 Å². The number of benzene rings is 1. The fourth-order valence-corrected chi connectivity index (χ4v) is 5.64. The normalized spacial score (nSPS) is 15.8. The maximum atomic E-state index is 14.3. The molecule has 0 saturated carbocycles. The molecule has 8 heteroatoms. The van der Waals surface area contributed by atoms with Gasteiger partial charge in [-0.05, 0) is 42.0 Å². The molecule has 0 spiro atoms. The predicted molar refractivity (Wildman–Crippen MR) is 119 cm³/mol. The maximum Gasteiger partial charge on any atom is 0.233 e. The van der Waals surface area contributed by atoms with Gasteiger partial charge in [-0.2, -0.15) is 0 Å². The monoisotopic (exact) mass is 442 g/mol. The van der Waals surface area contributed by atoms with Gasteiger partial charge in [0.25, 0.3) is 0 Å². The largest absolute Gasteiger partial charge is 0.335 e. The van der Waals surface area contributed by atoms with E-state index >= 15 is 0 Å². The van der Waals surface area contributed by atoms with Gasteiger partial charge in [-0.25, -0.2) is 4.39 Å². The van der Waals surface area contributed by atoms with Gasteiger partial charge in [0.2, 0.25) is 5.91 Å². The Morgan fingerprint density at radius 1 is 1.37 bits per heavy atom. The summed E-state index contributed by atoms with van der Waals surface area (Å²) in [4.78, 5) is 16.4. The fraction of sp³-hybridized carbons (Fsp3) is 0.318. The summed E-state index contributed by atoms with van der Waals surface area (Å²) in [6.07, 6.45) is 3.52. The van der Waals surface area contributed by atoms with E-state index in [0.29, 0.717) is 23.1 Å². The number of nitrogens with zero attached hydrogens (tertiary/aromatic N) is 4. The number of aromatic nitrogens is 3. The van der Waals surface area contributed by atoms with Crippen LogP contribution < -0.4 is 0 Å². The summed E-state index contributed by atoms with van der Waals surface area (Å²) in [7, 11) is 0. The Morgan fingerprint density at radius 3 is 2.97 bits per heavy atom. The number of carbonyl (C=O) groups excluding carboxylic acids is 1. The van der Waals surface area contributed by atoms with E-state index in [-0.39, 0.29) is 23.5 Å². The number of carbonyl (C=O) groups is 1. The van der Waals surface area contributed by atoms with E-state index in [1.165, 1.54) is 28.3 Å². The number of hydrogen-bond acceptors (Lipinski definition) is 5. The maximum absolute atomic E-state index is 14.3. The smallest absolute Gasteiger partial charge is 0.233 e. The van der Waals surface area contributed by atoms with Crippen LogP contribution >= 0.6 is 23.1 Å². The zero-order valence-electron chi connectivity index (χ0n) is 16.8. The summed E-state index contributed by atoms with van der Waals surface area (Å²) in [6.45, 7) is 7.08. The average molecular weight is 443 g/mol. The summed E-state index contributed by atoms with van der Waals surface area (Å²) in [5.74, 6) is 0.441. The molecular formula is C22H23FN4OS2. The molecule has 5 nitrogen and oxygen atoms in total. The van der Waals surface area contributed by atoms with Gasteiger partial charge in [0, 0.05) is 18.0 Å². The number of thiophene rings is 1. The Hall–Kier alpha value is -2.45. The molecule has 1 aromatic carbocycles. The highest BCUT2D eigenvalue weighted by Crippen LogP contribution is 2.36. The Bertz CT molecular complexity index is 1060. The molecule has 0 aliphatic carbocycles. The minimum absolute atomic E-state index is 0.0873. The average Bonchev–Trinajstić information content (AvgIpc) is 3.39. The lowest BCUT2D eigenvalue weighted by Crippen LogP contribution is -2.40. The van der Waals surface area contributed by atoms with Gasteiger partial charge in [-0.1, -0.05) is 36.9 Å².